The van der Waals surface area contributed by atoms with Gasteiger partial charge in [0.25, 0.3) is 0 Å². The Morgan fingerprint density at radius 3 is 1.76 bits per heavy atom. The Bertz CT molecular complexity index is 570. The van der Waals surface area contributed by atoms with Gasteiger partial charge in [0.15, 0.2) is 0 Å². The molecule has 0 fully saturated rings. The number of hydrogen-bond donors (Lipinski definition) is 0. The second-order valence-electron chi connectivity index (χ2n) is 3.73. The van der Waals surface area contributed by atoms with E-state index in [1.165, 1.54) is 0 Å². The van der Waals surface area contributed by atoms with E-state index in [-0.39, 0.29) is 0 Å². The lowest BCUT2D eigenvalue weighted by molar-refractivity contribution is -0.128. The fraction of sp³-hybridized carbons (Fsp3) is 0. The molecular formula is C14H9NO2. The third-order valence-electron chi connectivity index (χ3n) is 2.84. The van der Waals surface area contributed by atoms with Crippen LogP contribution >= 0.6 is 0 Å². The maximum absolute atomic E-state index is 10.3. The highest BCUT2D eigenvalue weighted by Gasteiger charge is 2.24. The maximum Gasteiger partial charge on any atom is 0.323 e. The molecule has 3 heteroatoms. The molecule has 0 aliphatic heterocycles. The first-order chi connectivity index (χ1) is 8.42. The molecule has 1 aliphatic rings. The van der Waals surface area contributed by atoms with Crippen molar-refractivity contribution in [2.24, 2.45) is 5.16 Å². The van der Waals surface area contributed by atoms with E-state index in [0.717, 1.165) is 22.3 Å². The molecule has 0 N–H and O–H groups in total. The molecule has 2 aromatic rings. The van der Waals surface area contributed by atoms with E-state index in [1.807, 2.05) is 48.5 Å². The number of hydrogen-bond acceptors (Lipinski definition) is 3. The standard InChI is InChI=1S/C14H9NO2/c16-9-17-15-14-12-7-3-1-5-10(12)11-6-2-4-8-13(11)14/h1-9H. The van der Waals surface area contributed by atoms with Crippen molar-refractivity contribution in [2.75, 3.05) is 0 Å². The summed E-state index contributed by atoms with van der Waals surface area (Å²) in [5.41, 5.74) is 4.95. The van der Waals surface area contributed by atoms with Crippen LogP contribution in [-0.4, -0.2) is 12.2 Å². The SMILES string of the molecule is O=CON=C1c2ccccc2-c2ccccc21. The van der Waals surface area contributed by atoms with Crippen molar-refractivity contribution in [1.82, 2.24) is 0 Å². The highest BCUT2D eigenvalue weighted by atomic mass is 16.7. The Kier molecular flexibility index (Phi) is 2.22. The smallest absolute Gasteiger partial charge is 0.321 e. The van der Waals surface area contributed by atoms with Crippen LogP contribution in [0.1, 0.15) is 11.1 Å². The molecule has 0 aromatic heterocycles. The second kappa shape index (κ2) is 3.87. The summed E-state index contributed by atoms with van der Waals surface area (Å²) in [6, 6.07) is 15.9. The Morgan fingerprint density at radius 2 is 1.29 bits per heavy atom. The summed E-state index contributed by atoms with van der Waals surface area (Å²) in [6.45, 7) is 0.330. The predicted octanol–water partition coefficient (Wildman–Crippen LogP) is 2.59. The summed E-state index contributed by atoms with van der Waals surface area (Å²) in [6.07, 6.45) is 0. The molecule has 0 saturated carbocycles. The molecule has 17 heavy (non-hydrogen) atoms. The summed E-state index contributed by atoms with van der Waals surface area (Å²) in [7, 11) is 0. The highest BCUT2D eigenvalue weighted by molar-refractivity contribution is 6.24. The van der Waals surface area contributed by atoms with E-state index in [0.29, 0.717) is 12.2 Å². The molecule has 3 rings (SSSR count). The number of nitrogens with zero attached hydrogens (tertiary/aromatic N) is 1. The second-order valence-corrected chi connectivity index (χ2v) is 3.73. The molecule has 3 nitrogen and oxygen atoms in total. The van der Waals surface area contributed by atoms with Gasteiger partial charge in [0.2, 0.25) is 0 Å². The van der Waals surface area contributed by atoms with Crippen molar-refractivity contribution in [2.45, 2.75) is 0 Å². The molecule has 0 spiro atoms. The average Bonchev–Trinajstić information content (AvgIpc) is 2.71. The molecule has 0 atom stereocenters. The van der Waals surface area contributed by atoms with Gasteiger partial charge >= 0.3 is 6.47 Å². The Balaban J connectivity index is 2.27. The summed E-state index contributed by atoms with van der Waals surface area (Å²) in [5, 5.41) is 3.87. The molecule has 0 radical (unpaired) electrons. The number of carbonyl (C=O) groups is 1. The van der Waals surface area contributed by atoms with Gasteiger partial charge in [0, 0.05) is 11.1 Å². The van der Waals surface area contributed by atoms with Gasteiger partial charge in [-0.2, -0.15) is 0 Å². The minimum Gasteiger partial charge on any atom is -0.321 e. The quantitative estimate of drug-likeness (QED) is 0.380. The number of rotatable bonds is 2. The van der Waals surface area contributed by atoms with Crippen LogP contribution < -0.4 is 0 Å². The van der Waals surface area contributed by atoms with E-state index in [4.69, 9.17) is 0 Å². The average molecular weight is 223 g/mol. The molecular weight excluding hydrogens is 214 g/mol. The van der Waals surface area contributed by atoms with Gasteiger partial charge in [-0.3, -0.25) is 4.79 Å². The monoisotopic (exact) mass is 223 g/mol. The van der Waals surface area contributed by atoms with Gasteiger partial charge in [0.1, 0.15) is 5.71 Å². The van der Waals surface area contributed by atoms with Crippen LogP contribution in [0.25, 0.3) is 11.1 Å². The van der Waals surface area contributed by atoms with E-state index >= 15 is 0 Å². The highest BCUT2D eigenvalue weighted by Crippen LogP contribution is 2.36. The van der Waals surface area contributed by atoms with Crippen LogP contribution in [0.3, 0.4) is 0 Å². The van der Waals surface area contributed by atoms with E-state index in [1.54, 1.807) is 0 Å². The topological polar surface area (TPSA) is 38.7 Å². The van der Waals surface area contributed by atoms with Crippen LogP contribution in [0.4, 0.5) is 0 Å². The number of oxime groups is 1. The van der Waals surface area contributed by atoms with Crippen molar-refractivity contribution in [3.63, 3.8) is 0 Å². The van der Waals surface area contributed by atoms with Gasteiger partial charge in [0.05, 0.1) is 0 Å². The predicted molar refractivity (Wildman–Crippen MR) is 64.7 cm³/mol. The van der Waals surface area contributed by atoms with Crippen LogP contribution in [0, 0.1) is 0 Å². The van der Waals surface area contributed by atoms with Crippen LogP contribution in [0.2, 0.25) is 0 Å². The summed E-state index contributed by atoms with van der Waals surface area (Å²) in [5.74, 6) is 0. The molecule has 2 aromatic carbocycles. The molecule has 0 saturated heterocycles. The van der Waals surface area contributed by atoms with Crippen molar-refractivity contribution >= 4 is 12.2 Å². The van der Waals surface area contributed by atoms with Crippen molar-refractivity contribution in [3.8, 4) is 11.1 Å². The van der Waals surface area contributed by atoms with Gasteiger partial charge < -0.3 is 4.84 Å². The third kappa shape index (κ3) is 1.44. The van der Waals surface area contributed by atoms with Crippen molar-refractivity contribution in [3.05, 3.63) is 59.7 Å². The molecule has 1 aliphatic carbocycles. The molecule has 0 bridgehead atoms. The third-order valence-corrected chi connectivity index (χ3v) is 2.84. The largest absolute Gasteiger partial charge is 0.323 e. The summed E-state index contributed by atoms with van der Waals surface area (Å²) in [4.78, 5) is 14.8. The van der Waals surface area contributed by atoms with Crippen LogP contribution in [0.5, 0.6) is 0 Å². The lowest BCUT2D eigenvalue weighted by atomic mass is 10.1. The number of fused-ring (bicyclic) bond motifs is 3. The summed E-state index contributed by atoms with van der Waals surface area (Å²) < 4.78 is 0. The first-order valence-electron chi connectivity index (χ1n) is 5.28. The Labute approximate surface area is 98.3 Å². The zero-order valence-electron chi connectivity index (χ0n) is 8.96. The number of carbonyl (C=O) groups excluding carboxylic acids is 1. The van der Waals surface area contributed by atoms with E-state index in [2.05, 4.69) is 9.99 Å². The lowest BCUT2D eigenvalue weighted by Gasteiger charge is -1.98. The van der Waals surface area contributed by atoms with Crippen LogP contribution in [-0.2, 0) is 9.63 Å². The summed E-state index contributed by atoms with van der Waals surface area (Å²) >= 11 is 0. The van der Waals surface area contributed by atoms with Gasteiger partial charge in [-0.25, -0.2) is 0 Å². The molecule has 0 amide bonds. The van der Waals surface area contributed by atoms with Crippen LogP contribution in [0.15, 0.2) is 53.7 Å². The normalized spacial score (nSPS) is 11.6. The van der Waals surface area contributed by atoms with E-state index in [9.17, 15) is 4.79 Å². The first-order valence-corrected chi connectivity index (χ1v) is 5.28. The number of benzene rings is 2. The van der Waals surface area contributed by atoms with Gasteiger partial charge in [-0.1, -0.05) is 53.7 Å². The zero-order chi connectivity index (χ0) is 11.7. The van der Waals surface area contributed by atoms with Gasteiger partial charge in [-0.15, -0.1) is 0 Å². The first kappa shape index (κ1) is 9.78. The lowest BCUT2D eigenvalue weighted by Crippen LogP contribution is -1.98. The molecule has 0 unspecified atom stereocenters. The minimum atomic E-state index is 0.330. The maximum atomic E-state index is 10.3. The molecule has 0 heterocycles. The Morgan fingerprint density at radius 1 is 0.824 bits per heavy atom. The minimum absolute atomic E-state index is 0.330. The molecule has 82 valence electrons. The van der Waals surface area contributed by atoms with Crippen molar-refractivity contribution in [1.29, 1.82) is 0 Å². The Hall–Kier alpha value is -2.42. The van der Waals surface area contributed by atoms with Gasteiger partial charge in [-0.05, 0) is 11.1 Å². The zero-order valence-corrected chi connectivity index (χ0v) is 8.96. The van der Waals surface area contributed by atoms with E-state index < -0.39 is 0 Å². The van der Waals surface area contributed by atoms with Crippen molar-refractivity contribution < 1.29 is 9.63 Å². The fourth-order valence-electron chi connectivity index (χ4n) is 2.17. The fourth-order valence-corrected chi connectivity index (χ4v) is 2.17.